The molecule has 22 heavy (non-hydrogen) atoms. The number of benzene rings is 1. The maximum absolute atomic E-state index is 11.9. The normalized spacial score (nSPS) is 14.2. The van der Waals surface area contributed by atoms with Crippen LogP contribution in [0.3, 0.4) is 0 Å². The van der Waals surface area contributed by atoms with Gasteiger partial charge >= 0.3 is 6.03 Å². The van der Waals surface area contributed by atoms with E-state index in [2.05, 4.69) is 15.5 Å². The Balaban J connectivity index is 1.53. The number of amides is 3. The number of aromatic nitrogens is 2. The van der Waals surface area contributed by atoms with Crippen LogP contribution in [0.25, 0.3) is 0 Å². The number of hydrogen-bond acceptors (Lipinski definition) is 6. The van der Waals surface area contributed by atoms with Gasteiger partial charge in [0.25, 0.3) is 5.22 Å². The number of rotatable bonds is 5. The van der Waals surface area contributed by atoms with Crippen molar-refractivity contribution in [3.63, 3.8) is 0 Å². The minimum atomic E-state index is -0.346. The molecule has 0 aliphatic carbocycles. The van der Waals surface area contributed by atoms with Crippen molar-refractivity contribution < 1.29 is 14.0 Å². The van der Waals surface area contributed by atoms with Crippen molar-refractivity contribution >= 4 is 23.7 Å². The number of thioether (sulfide) groups is 1. The van der Waals surface area contributed by atoms with Gasteiger partial charge in [-0.05, 0) is 5.56 Å². The third-order valence-electron chi connectivity index (χ3n) is 3.12. The van der Waals surface area contributed by atoms with E-state index in [9.17, 15) is 9.59 Å². The van der Waals surface area contributed by atoms with E-state index in [1.54, 1.807) is 0 Å². The van der Waals surface area contributed by atoms with Gasteiger partial charge in [-0.1, -0.05) is 42.1 Å². The molecule has 1 aliphatic heterocycles. The van der Waals surface area contributed by atoms with Crippen molar-refractivity contribution in [2.45, 2.75) is 11.6 Å². The maximum atomic E-state index is 11.9. The topological polar surface area (TPSA) is 88.3 Å². The SMILES string of the molecule is O=C(CSc1nnc(Cc2ccccc2)o1)N1CCNC1=O. The smallest absolute Gasteiger partial charge is 0.324 e. The molecule has 7 nitrogen and oxygen atoms in total. The fourth-order valence-corrected chi connectivity index (χ4v) is 2.71. The first kappa shape index (κ1) is 14.6. The van der Waals surface area contributed by atoms with Gasteiger partial charge in [-0.3, -0.25) is 9.69 Å². The fourth-order valence-electron chi connectivity index (χ4n) is 2.05. The highest BCUT2D eigenvalue weighted by Gasteiger charge is 2.26. The molecule has 1 fully saturated rings. The summed E-state index contributed by atoms with van der Waals surface area (Å²) in [6.45, 7) is 0.901. The second-order valence-electron chi connectivity index (χ2n) is 4.69. The highest BCUT2D eigenvalue weighted by atomic mass is 32.2. The van der Waals surface area contributed by atoms with Crippen LogP contribution >= 0.6 is 11.8 Å². The molecule has 2 heterocycles. The first-order chi connectivity index (χ1) is 10.7. The van der Waals surface area contributed by atoms with Crippen LogP contribution in [0, 0.1) is 0 Å². The molecule has 1 N–H and O–H groups in total. The van der Waals surface area contributed by atoms with E-state index in [0.29, 0.717) is 30.6 Å². The lowest BCUT2D eigenvalue weighted by atomic mass is 10.2. The van der Waals surface area contributed by atoms with Crippen molar-refractivity contribution in [1.29, 1.82) is 0 Å². The molecule has 3 amide bonds. The predicted molar refractivity (Wildman–Crippen MR) is 79.4 cm³/mol. The second-order valence-corrected chi connectivity index (χ2v) is 5.62. The Bertz CT molecular complexity index is 674. The van der Waals surface area contributed by atoms with Gasteiger partial charge in [0.15, 0.2) is 0 Å². The van der Waals surface area contributed by atoms with Gasteiger partial charge < -0.3 is 9.73 Å². The maximum Gasteiger partial charge on any atom is 0.324 e. The first-order valence-corrected chi connectivity index (χ1v) is 7.78. The van der Waals surface area contributed by atoms with Crippen LogP contribution in [-0.4, -0.2) is 45.9 Å². The highest BCUT2D eigenvalue weighted by molar-refractivity contribution is 7.99. The quantitative estimate of drug-likeness (QED) is 0.836. The molecule has 1 saturated heterocycles. The molecule has 0 saturated carbocycles. The molecule has 0 spiro atoms. The van der Waals surface area contributed by atoms with Crippen LogP contribution in [0.1, 0.15) is 11.5 Å². The van der Waals surface area contributed by atoms with E-state index in [1.807, 2.05) is 30.3 Å². The summed E-state index contributed by atoms with van der Waals surface area (Å²) in [7, 11) is 0. The molecule has 0 bridgehead atoms. The summed E-state index contributed by atoms with van der Waals surface area (Å²) in [6.07, 6.45) is 0.552. The lowest BCUT2D eigenvalue weighted by Gasteiger charge is -2.10. The zero-order valence-electron chi connectivity index (χ0n) is 11.7. The Morgan fingerprint density at radius 2 is 2.14 bits per heavy atom. The minimum Gasteiger partial charge on any atom is -0.416 e. The standard InChI is InChI=1S/C14H14N4O3S/c19-12(18-7-6-15-13(18)20)9-22-14-17-16-11(21-14)8-10-4-2-1-3-5-10/h1-5H,6-9H2,(H,15,20). The Kier molecular flexibility index (Phi) is 4.38. The van der Waals surface area contributed by atoms with Crippen molar-refractivity contribution in [3.8, 4) is 0 Å². The van der Waals surface area contributed by atoms with E-state index in [1.165, 1.54) is 4.90 Å². The first-order valence-electron chi connectivity index (χ1n) is 6.79. The molecule has 2 aromatic rings. The molecule has 0 unspecified atom stereocenters. The zero-order valence-corrected chi connectivity index (χ0v) is 12.5. The third-order valence-corrected chi connectivity index (χ3v) is 3.93. The van der Waals surface area contributed by atoms with E-state index in [-0.39, 0.29) is 17.7 Å². The van der Waals surface area contributed by atoms with Crippen molar-refractivity contribution in [1.82, 2.24) is 20.4 Å². The van der Waals surface area contributed by atoms with Crippen LogP contribution < -0.4 is 5.32 Å². The summed E-state index contributed by atoms with van der Waals surface area (Å²) in [5, 5.41) is 10.8. The van der Waals surface area contributed by atoms with Gasteiger partial charge in [0.05, 0.1) is 12.2 Å². The summed E-state index contributed by atoms with van der Waals surface area (Å²) in [4.78, 5) is 24.4. The molecule has 8 heteroatoms. The Hall–Kier alpha value is -2.35. The molecule has 1 aromatic heterocycles. The number of carbonyl (C=O) groups is 2. The Labute approximate surface area is 131 Å². The lowest BCUT2D eigenvalue weighted by Crippen LogP contribution is -2.35. The van der Waals surface area contributed by atoms with Gasteiger partial charge in [-0.15, -0.1) is 10.2 Å². The monoisotopic (exact) mass is 318 g/mol. The Morgan fingerprint density at radius 1 is 1.32 bits per heavy atom. The summed E-state index contributed by atoms with van der Waals surface area (Å²) in [6, 6.07) is 9.45. The highest BCUT2D eigenvalue weighted by Crippen LogP contribution is 2.18. The van der Waals surface area contributed by atoms with E-state index in [0.717, 1.165) is 17.3 Å². The van der Waals surface area contributed by atoms with E-state index in [4.69, 9.17) is 4.42 Å². The molecule has 0 radical (unpaired) electrons. The number of nitrogens with zero attached hydrogens (tertiary/aromatic N) is 3. The molecule has 1 aromatic carbocycles. The number of imide groups is 1. The second kappa shape index (κ2) is 6.61. The third kappa shape index (κ3) is 3.45. The van der Waals surface area contributed by atoms with E-state index < -0.39 is 0 Å². The van der Waals surface area contributed by atoms with Crippen molar-refractivity contribution in [2.24, 2.45) is 0 Å². The average molecular weight is 318 g/mol. The fraction of sp³-hybridized carbons (Fsp3) is 0.286. The molecule has 3 rings (SSSR count). The molecule has 0 atom stereocenters. The molecule has 114 valence electrons. The zero-order chi connectivity index (χ0) is 15.4. The minimum absolute atomic E-state index is 0.0976. The average Bonchev–Trinajstić information content (AvgIpc) is 3.15. The van der Waals surface area contributed by atoms with E-state index >= 15 is 0 Å². The summed E-state index contributed by atoms with van der Waals surface area (Å²) in [5.74, 6) is 0.336. The van der Waals surface area contributed by atoms with Crippen LogP contribution in [0.5, 0.6) is 0 Å². The Morgan fingerprint density at radius 3 is 2.86 bits per heavy atom. The predicted octanol–water partition coefficient (Wildman–Crippen LogP) is 1.30. The van der Waals surface area contributed by atoms with Gasteiger partial charge in [-0.25, -0.2) is 4.79 Å². The van der Waals surface area contributed by atoms with Gasteiger partial charge in [0.1, 0.15) is 0 Å². The molecular weight excluding hydrogens is 304 g/mol. The molecular formula is C14H14N4O3S. The lowest BCUT2D eigenvalue weighted by molar-refractivity contribution is -0.124. The molecule has 1 aliphatic rings. The summed E-state index contributed by atoms with van der Waals surface area (Å²) < 4.78 is 5.50. The van der Waals surface area contributed by atoms with Crippen molar-refractivity contribution in [2.75, 3.05) is 18.8 Å². The number of urea groups is 1. The van der Waals surface area contributed by atoms with Gasteiger partial charge in [0, 0.05) is 13.1 Å². The van der Waals surface area contributed by atoms with Crippen LogP contribution in [0.15, 0.2) is 40.0 Å². The number of hydrogen-bond donors (Lipinski definition) is 1. The number of nitrogens with one attached hydrogen (secondary N) is 1. The van der Waals surface area contributed by atoms with Crippen LogP contribution in [0.2, 0.25) is 0 Å². The summed E-state index contributed by atoms with van der Waals surface area (Å²) >= 11 is 1.14. The van der Waals surface area contributed by atoms with Gasteiger partial charge in [0.2, 0.25) is 11.8 Å². The largest absolute Gasteiger partial charge is 0.416 e. The van der Waals surface area contributed by atoms with Crippen LogP contribution in [0.4, 0.5) is 4.79 Å². The van der Waals surface area contributed by atoms with Crippen LogP contribution in [-0.2, 0) is 11.2 Å². The van der Waals surface area contributed by atoms with Crippen molar-refractivity contribution in [3.05, 3.63) is 41.8 Å². The summed E-state index contributed by atoms with van der Waals surface area (Å²) in [5.41, 5.74) is 1.08. The van der Waals surface area contributed by atoms with Gasteiger partial charge in [-0.2, -0.15) is 0 Å². The number of carbonyl (C=O) groups excluding carboxylic acids is 2.